The molecule has 0 fully saturated rings. The number of unbranched alkanes of at least 4 members (excludes halogenated alkanes) is 12. The molecular weight excluding hydrogens is 535 g/mol. The van der Waals surface area contributed by atoms with Crippen molar-refractivity contribution < 1.29 is 19.1 Å². The van der Waals surface area contributed by atoms with E-state index in [1.807, 2.05) is 0 Å². The van der Waals surface area contributed by atoms with Crippen LogP contribution in [0.5, 0.6) is 0 Å². The van der Waals surface area contributed by atoms with Gasteiger partial charge in [-0.25, -0.2) is 0 Å². The number of hydrogen-bond acceptors (Lipinski definition) is 6. The average Bonchev–Trinajstić information content (AvgIpc) is 2.78. The van der Waals surface area contributed by atoms with Crippen LogP contribution in [0, 0.1) is 0 Å². The van der Waals surface area contributed by atoms with Crippen LogP contribution in [-0.4, -0.2) is 57.8 Å². The van der Waals surface area contributed by atoms with Crippen molar-refractivity contribution in [1.82, 2.24) is 0 Å². The van der Waals surface area contributed by atoms with Gasteiger partial charge >= 0.3 is 43.0 Å². The minimum atomic E-state index is -0.211. The number of thiol groups is 2. The second-order valence-electron chi connectivity index (χ2n) is 7.50. The van der Waals surface area contributed by atoms with Crippen LogP contribution < -0.4 is 0 Å². The molecule has 0 rings (SSSR count). The standard InChI is InChI=1S/C12H24O2S.C10H20O2S.2CH3.Sn/c1-2-3-4-5-6-7-8-9-10-14-12(13)11-15;1-2-3-4-5-6-7-8-12-10(11)9-13;;;/h15H,2-11H2,1H3;13H,2-9H2,1H3;2*1H3;. The third-order valence-corrected chi connectivity index (χ3v) is 4.80. The van der Waals surface area contributed by atoms with Gasteiger partial charge in [-0.2, -0.15) is 25.3 Å². The van der Waals surface area contributed by atoms with Crippen LogP contribution in [0.1, 0.15) is 104 Å². The number of carbonyl (C=O) groups excluding carboxylic acids is 2. The summed E-state index contributed by atoms with van der Waals surface area (Å²) in [5.41, 5.74) is 0. The molecule has 0 saturated carbocycles. The summed E-state index contributed by atoms with van der Waals surface area (Å²) in [5.74, 6) is -0.0366. The average molecular weight is 586 g/mol. The molecule has 0 aromatic rings. The molecule has 31 heavy (non-hydrogen) atoms. The molecule has 4 nitrogen and oxygen atoms in total. The zero-order chi connectivity index (χ0) is 24.0. The fraction of sp³-hybridized carbons (Fsp3) is 0.917. The molecule has 0 atom stereocenters. The van der Waals surface area contributed by atoms with Gasteiger partial charge in [0.25, 0.3) is 0 Å². The number of hydrogen-bond donors (Lipinski definition) is 2. The minimum absolute atomic E-state index is 0.190. The monoisotopic (exact) mass is 586 g/mol. The van der Waals surface area contributed by atoms with Crippen LogP contribution in [0.3, 0.4) is 0 Å². The number of carbonyl (C=O) groups is 2. The number of esters is 2. The molecule has 0 heterocycles. The molecule has 0 bridgehead atoms. The molecule has 0 aliphatic rings. The Morgan fingerprint density at radius 1 is 0.581 bits per heavy atom. The van der Waals surface area contributed by atoms with Gasteiger partial charge in [-0.15, -0.1) is 0 Å². The van der Waals surface area contributed by atoms with Gasteiger partial charge in [0, 0.05) is 0 Å². The maximum atomic E-state index is 10.7. The predicted molar refractivity (Wildman–Crippen MR) is 143 cm³/mol. The summed E-state index contributed by atoms with van der Waals surface area (Å²) < 4.78 is 9.80. The summed E-state index contributed by atoms with van der Waals surface area (Å²) in [7, 11) is 0. The van der Waals surface area contributed by atoms with E-state index in [0.29, 0.717) is 13.2 Å². The Hall–Kier alpha value is 0.439. The van der Waals surface area contributed by atoms with Crippen molar-refractivity contribution in [3.8, 4) is 0 Å². The summed E-state index contributed by atoms with van der Waals surface area (Å²) in [5, 5.41) is 0. The Balaban J connectivity index is -0.000000452. The molecule has 0 aliphatic carbocycles. The van der Waals surface area contributed by atoms with E-state index in [-0.39, 0.29) is 44.6 Å². The first-order valence-corrected chi connectivity index (χ1v) is 19.1. The molecule has 0 unspecified atom stereocenters. The first-order chi connectivity index (χ1) is 15.0. The predicted octanol–water partition coefficient (Wildman–Crippen LogP) is 7.21. The van der Waals surface area contributed by atoms with Gasteiger partial charge < -0.3 is 9.47 Å². The van der Waals surface area contributed by atoms with Crippen LogP contribution in [0.2, 0.25) is 9.88 Å². The zero-order valence-electron chi connectivity index (χ0n) is 20.8. The molecule has 0 spiro atoms. The van der Waals surface area contributed by atoms with Gasteiger partial charge in [-0.05, 0) is 12.8 Å². The molecule has 2 radical (unpaired) electrons. The molecule has 0 aliphatic heterocycles. The van der Waals surface area contributed by atoms with E-state index in [4.69, 9.17) is 9.47 Å². The number of rotatable bonds is 18. The molecule has 0 amide bonds. The summed E-state index contributed by atoms with van der Waals surface area (Å²) in [6.45, 7) is 5.56. The van der Waals surface area contributed by atoms with Gasteiger partial charge in [-0.3, -0.25) is 9.59 Å². The summed E-state index contributed by atoms with van der Waals surface area (Å²) in [4.78, 5) is 26.0. The van der Waals surface area contributed by atoms with E-state index in [1.165, 1.54) is 77.0 Å². The van der Waals surface area contributed by atoms with Crippen molar-refractivity contribution in [3.63, 3.8) is 0 Å². The van der Waals surface area contributed by atoms with E-state index < -0.39 is 0 Å². The number of ether oxygens (including phenoxy) is 2. The van der Waals surface area contributed by atoms with Crippen LogP contribution in [-0.2, 0) is 19.1 Å². The zero-order valence-corrected chi connectivity index (χ0v) is 25.4. The van der Waals surface area contributed by atoms with E-state index >= 15 is 0 Å². The summed E-state index contributed by atoms with van der Waals surface area (Å²) in [6, 6.07) is 0. The molecule has 186 valence electrons. The molecule has 7 heteroatoms. The van der Waals surface area contributed by atoms with E-state index in [0.717, 1.165) is 12.8 Å². The Morgan fingerprint density at radius 2 is 0.839 bits per heavy atom. The van der Waals surface area contributed by atoms with Crippen molar-refractivity contribution in [2.45, 2.75) is 114 Å². The van der Waals surface area contributed by atoms with E-state index in [1.54, 1.807) is 0 Å². The molecule has 0 saturated heterocycles. The summed E-state index contributed by atoms with van der Waals surface area (Å²) in [6.07, 6.45) is 17.4. The molecular formula is C24H50O4S2Sn. The van der Waals surface area contributed by atoms with Crippen LogP contribution in [0.4, 0.5) is 0 Å². The first-order valence-electron chi connectivity index (χ1n) is 12.1. The third-order valence-electron chi connectivity index (χ3n) is 4.28. The van der Waals surface area contributed by atoms with Gasteiger partial charge in [0.2, 0.25) is 0 Å². The quantitative estimate of drug-likeness (QED) is 0.0773. The normalized spacial score (nSPS) is 9.74. The first kappa shape index (κ1) is 36.0. The van der Waals surface area contributed by atoms with Crippen molar-refractivity contribution in [2.24, 2.45) is 0 Å². The van der Waals surface area contributed by atoms with Crippen LogP contribution >= 0.6 is 25.3 Å². The molecule has 0 N–H and O–H groups in total. The fourth-order valence-corrected chi connectivity index (χ4v) is 2.76. The third kappa shape index (κ3) is 41.2. The fourth-order valence-electron chi connectivity index (χ4n) is 2.58. The summed E-state index contributed by atoms with van der Waals surface area (Å²) >= 11 is 7.87. The maximum absolute atomic E-state index is 10.7. The van der Waals surface area contributed by atoms with Crippen molar-refractivity contribution in [1.29, 1.82) is 0 Å². The van der Waals surface area contributed by atoms with E-state index in [2.05, 4.69) is 49.0 Å². The Bertz CT molecular complexity index is 358. The second kappa shape index (κ2) is 35.0. The van der Waals surface area contributed by atoms with Gasteiger partial charge in [0.05, 0.1) is 24.7 Å². The van der Waals surface area contributed by atoms with Crippen LogP contribution in [0.25, 0.3) is 0 Å². The van der Waals surface area contributed by atoms with Crippen molar-refractivity contribution >= 4 is 58.3 Å². The topological polar surface area (TPSA) is 52.6 Å². The van der Waals surface area contributed by atoms with Gasteiger partial charge in [0.15, 0.2) is 0 Å². The van der Waals surface area contributed by atoms with Crippen LogP contribution in [0.15, 0.2) is 0 Å². The van der Waals surface area contributed by atoms with E-state index in [9.17, 15) is 9.59 Å². The van der Waals surface area contributed by atoms with Gasteiger partial charge in [-0.1, -0.05) is 90.9 Å². The van der Waals surface area contributed by atoms with Crippen molar-refractivity contribution in [3.05, 3.63) is 0 Å². The van der Waals surface area contributed by atoms with Crippen molar-refractivity contribution in [2.75, 3.05) is 24.7 Å². The Labute approximate surface area is 214 Å². The SMILES string of the molecule is CCCCCCCCCCOC(=O)CS.CCCCCCCCOC(=O)CS.[CH3][Sn][CH3]. The Morgan fingerprint density at radius 3 is 1.10 bits per heavy atom. The van der Waals surface area contributed by atoms with Gasteiger partial charge in [0.1, 0.15) is 0 Å². The molecule has 0 aromatic heterocycles. The Kier molecular flexibility index (Phi) is 40.7. The molecule has 0 aromatic carbocycles. The second-order valence-corrected chi connectivity index (χ2v) is 11.0.